The van der Waals surface area contributed by atoms with Crippen molar-refractivity contribution in [2.75, 3.05) is 24.6 Å². The Labute approximate surface area is 104 Å². The van der Waals surface area contributed by atoms with E-state index in [4.69, 9.17) is 4.74 Å². The van der Waals surface area contributed by atoms with Crippen LogP contribution in [0.2, 0.25) is 0 Å². The monoisotopic (exact) mass is 251 g/mol. The Morgan fingerprint density at radius 1 is 1.44 bits per heavy atom. The molecular formula is C12H14FN3O2. The van der Waals surface area contributed by atoms with E-state index >= 15 is 0 Å². The van der Waals surface area contributed by atoms with Crippen molar-refractivity contribution in [2.45, 2.75) is 18.9 Å². The third-order valence-corrected chi connectivity index (χ3v) is 3.33. The van der Waals surface area contributed by atoms with E-state index in [0.29, 0.717) is 11.6 Å². The Kier molecular flexibility index (Phi) is 2.87. The van der Waals surface area contributed by atoms with Crippen LogP contribution in [0.5, 0.6) is 5.88 Å². The first-order valence-corrected chi connectivity index (χ1v) is 6.07. The summed E-state index contributed by atoms with van der Waals surface area (Å²) in [6.07, 6.45) is 2.83. The first-order chi connectivity index (χ1) is 8.75. The summed E-state index contributed by atoms with van der Waals surface area (Å²) in [6, 6.07) is 1.42. The Morgan fingerprint density at radius 2 is 2.22 bits per heavy atom. The number of pyridine rings is 1. The molecule has 0 spiro atoms. The van der Waals surface area contributed by atoms with Gasteiger partial charge in [-0.15, -0.1) is 0 Å². The van der Waals surface area contributed by atoms with Crippen molar-refractivity contribution in [1.82, 2.24) is 10.3 Å². The van der Waals surface area contributed by atoms with Gasteiger partial charge >= 0.3 is 0 Å². The van der Waals surface area contributed by atoms with E-state index in [2.05, 4.69) is 10.3 Å². The molecule has 1 aromatic rings. The average molecular weight is 251 g/mol. The van der Waals surface area contributed by atoms with E-state index in [1.807, 2.05) is 0 Å². The predicted molar refractivity (Wildman–Crippen MR) is 63.1 cm³/mol. The smallest absolute Gasteiger partial charge is 0.265 e. The molecule has 1 amide bonds. The highest BCUT2D eigenvalue weighted by Crippen LogP contribution is 2.33. The second-order valence-electron chi connectivity index (χ2n) is 4.51. The molecule has 3 rings (SSSR count). The second-order valence-corrected chi connectivity index (χ2v) is 4.51. The number of nitrogens with one attached hydrogen (secondary N) is 1. The van der Waals surface area contributed by atoms with Crippen LogP contribution in [-0.2, 0) is 4.79 Å². The van der Waals surface area contributed by atoms with E-state index in [-0.39, 0.29) is 18.6 Å². The Morgan fingerprint density at radius 3 is 3.00 bits per heavy atom. The van der Waals surface area contributed by atoms with Crippen LogP contribution in [0.4, 0.5) is 10.1 Å². The quantitative estimate of drug-likeness (QED) is 0.798. The lowest BCUT2D eigenvalue weighted by Gasteiger charge is -2.37. The van der Waals surface area contributed by atoms with Gasteiger partial charge in [0.25, 0.3) is 5.91 Å². The van der Waals surface area contributed by atoms with Gasteiger partial charge in [-0.05, 0) is 25.9 Å². The summed E-state index contributed by atoms with van der Waals surface area (Å²) < 4.78 is 18.5. The fraction of sp³-hybridized carbons (Fsp3) is 0.500. The molecule has 1 fully saturated rings. The number of carbonyl (C=O) groups is 1. The molecule has 0 aliphatic carbocycles. The van der Waals surface area contributed by atoms with Gasteiger partial charge in [0.05, 0.1) is 6.20 Å². The van der Waals surface area contributed by atoms with Crippen molar-refractivity contribution in [2.24, 2.45) is 0 Å². The minimum absolute atomic E-state index is 0.0183. The lowest BCUT2D eigenvalue weighted by atomic mass is 10.0. The van der Waals surface area contributed by atoms with E-state index in [1.54, 1.807) is 4.90 Å². The number of amides is 1. The highest BCUT2D eigenvalue weighted by atomic mass is 19.1. The number of nitrogens with zero attached hydrogens (tertiary/aromatic N) is 2. The van der Waals surface area contributed by atoms with E-state index in [9.17, 15) is 9.18 Å². The van der Waals surface area contributed by atoms with Crippen molar-refractivity contribution in [3.63, 3.8) is 0 Å². The Balaban J connectivity index is 1.97. The molecule has 2 aliphatic heterocycles. The minimum atomic E-state index is -0.453. The SMILES string of the molecule is O=C1COc2ncc(F)cc2N1C1CCNCC1. The summed E-state index contributed by atoms with van der Waals surface area (Å²) >= 11 is 0. The molecule has 6 heteroatoms. The van der Waals surface area contributed by atoms with Crippen LogP contribution < -0.4 is 15.0 Å². The van der Waals surface area contributed by atoms with Crippen molar-refractivity contribution < 1.29 is 13.9 Å². The number of carbonyl (C=O) groups excluding carboxylic acids is 1. The summed E-state index contributed by atoms with van der Waals surface area (Å²) in [7, 11) is 0. The maximum atomic E-state index is 13.3. The zero-order valence-corrected chi connectivity index (χ0v) is 9.86. The van der Waals surface area contributed by atoms with Crippen LogP contribution in [0.1, 0.15) is 12.8 Å². The van der Waals surface area contributed by atoms with Crippen molar-refractivity contribution in [3.05, 3.63) is 18.1 Å². The summed E-state index contributed by atoms with van der Waals surface area (Å²) in [5.74, 6) is -0.234. The van der Waals surface area contributed by atoms with Crippen molar-refractivity contribution in [1.29, 1.82) is 0 Å². The molecule has 0 saturated carbocycles. The third kappa shape index (κ3) is 1.92. The number of anilines is 1. The Bertz CT molecular complexity index is 474. The van der Waals surface area contributed by atoms with Gasteiger partial charge in [0.15, 0.2) is 6.61 Å². The van der Waals surface area contributed by atoms with Gasteiger partial charge in [0.1, 0.15) is 11.5 Å². The van der Waals surface area contributed by atoms with Gasteiger partial charge in [-0.1, -0.05) is 0 Å². The molecular weight excluding hydrogens is 237 g/mol. The Hall–Kier alpha value is -1.69. The standard InChI is InChI=1S/C12H14FN3O2/c13-8-5-10-12(15-6-8)18-7-11(17)16(10)9-1-3-14-4-2-9/h5-6,9,14H,1-4,7H2. The molecule has 0 bridgehead atoms. The van der Waals surface area contributed by atoms with Crippen molar-refractivity contribution in [3.8, 4) is 5.88 Å². The van der Waals surface area contributed by atoms with Crippen LogP contribution in [0, 0.1) is 5.82 Å². The highest BCUT2D eigenvalue weighted by molar-refractivity contribution is 5.97. The molecule has 96 valence electrons. The van der Waals surface area contributed by atoms with Gasteiger partial charge in [0.2, 0.25) is 5.88 Å². The normalized spacial score (nSPS) is 20.5. The predicted octanol–water partition coefficient (Wildman–Crippen LogP) is 0.698. The van der Waals surface area contributed by atoms with Crippen molar-refractivity contribution >= 4 is 11.6 Å². The highest BCUT2D eigenvalue weighted by Gasteiger charge is 2.33. The average Bonchev–Trinajstić information content (AvgIpc) is 2.39. The van der Waals surface area contributed by atoms with E-state index < -0.39 is 5.82 Å². The number of piperidine rings is 1. The van der Waals surface area contributed by atoms with Crippen LogP contribution in [0.15, 0.2) is 12.3 Å². The number of hydrogen-bond acceptors (Lipinski definition) is 4. The number of fused-ring (bicyclic) bond motifs is 1. The minimum Gasteiger partial charge on any atom is -0.466 e. The van der Waals surface area contributed by atoms with Gasteiger partial charge in [-0.25, -0.2) is 9.37 Å². The molecule has 5 nitrogen and oxygen atoms in total. The lowest BCUT2D eigenvalue weighted by Crippen LogP contribution is -2.50. The summed E-state index contributed by atoms with van der Waals surface area (Å²) in [5.41, 5.74) is 0.457. The van der Waals surface area contributed by atoms with Crippen LogP contribution >= 0.6 is 0 Å². The molecule has 0 atom stereocenters. The number of rotatable bonds is 1. The first-order valence-electron chi connectivity index (χ1n) is 6.07. The number of hydrogen-bond donors (Lipinski definition) is 1. The third-order valence-electron chi connectivity index (χ3n) is 3.33. The summed E-state index contributed by atoms with van der Waals surface area (Å²) in [4.78, 5) is 17.5. The fourth-order valence-corrected chi connectivity index (χ4v) is 2.50. The number of aromatic nitrogens is 1. The second kappa shape index (κ2) is 4.53. The molecule has 2 aliphatic rings. The summed E-state index contributed by atoms with van der Waals surface area (Å²) in [5, 5.41) is 3.25. The molecule has 1 saturated heterocycles. The fourth-order valence-electron chi connectivity index (χ4n) is 2.50. The van der Waals surface area contributed by atoms with Crippen LogP contribution in [0.25, 0.3) is 0 Å². The molecule has 1 aromatic heterocycles. The van der Waals surface area contributed by atoms with E-state index in [0.717, 1.165) is 32.1 Å². The molecule has 3 heterocycles. The maximum absolute atomic E-state index is 13.3. The van der Waals surface area contributed by atoms with Gasteiger partial charge in [0, 0.05) is 12.1 Å². The summed E-state index contributed by atoms with van der Waals surface area (Å²) in [6.45, 7) is 1.72. The maximum Gasteiger partial charge on any atom is 0.265 e. The molecule has 0 radical (unpaired) electrons. The van der Waals surface area contributed by atoms with E-state index in [1.165, 1.54) is 6.07 Å². The molecule has 0 unspecified atom stereocenters. The van der Waals surface area contributed by atoms with Gasteiger partial charge in [-0.3, -0.25) is 4.79 Å². The van der Waals surface area contributed by atoms with Gasteiger partial charge < -0.3 is 15.0 Å². The van der Waals surface area contributed by atoms with Gasteiger partial charge in [-0.2, -0.15) is 0 Å². The lowest BCUT2D eigenvalue weighted by molar-refractivity contribution is -0.122. The number of ether oxygens (including phenoxy) is 1. The molecule has 1 N–H and O–H groups in total. The largest absolute Gasteiger partial charge is 0.466 e. The first kappa shape index (κ1) is 11.4. The molecule has 0 aromatic carbocycles. The zero-order chi connectivity index (χ0) is 12.5. The topological polar surface area (TPSA) is 54.5 Å². The number of halogens is 1. The zero-order valence-electron chi connectivity index (χ0n) is 9.86. The van der Waals surface area contributed by atoms with Crippen LogP contribution in [-0.4, -0.2) is 36.6 Å². The van der Waals surface area contributed by atoms with Crippen LogP contribution in [0.3, 0.4) is 0 Å². The molecule has 18 heavy (non-hydrogen) atoms.